The van der Waals surface area contributed by atoms with Crippen molar-refractivity contribution >= 4 is 16.7 Å². The van der Waals surface area contributed by atoms with Gasteiger partial charge in [0.1, 0.15) is 22.9 Å². The van der Waals surface area contributed by atoms with E-state index >= 15 is 0 Å². The predicted octanol–water partition coefficient (Wildman–Crippen LogP) is 5.50. The lowest BCUT2D eigenvalue weighted by Crippen LogP contribution is -2.04. The fourth-order valence-electron chi connectivity index (χ4n) is 3.17. The number of nitrogens with zero attached hydrogens (tertiary/aromatic N) is 1. The van der Waals surface area contributed by atoms with Crippen molar-refractivity contribution in [3.8, 4) is 28.6 Å². The number of para-hydroxylation sites is 1. The highest BCUT2D eigenvalue weighted by Gasteiger charge is 2.11. The molecule has 6 heteroatoms. The van der Waals surface area contributed by atoms with E-state index in [-0.39, 0.29) is 5.69 Å². The largest absolute Gasteiger partial charge is 0.497 e. The first kappa shape index (κ1) is 19.5. The number of rotatable bonds is 5. The van der Waals surface area contributed by atoms with Gasteiger partial charge in [0.2, 0.25) is 0 Å². The Morgan fingerprint density at radius 3 is 2.33 bits per heavy atom. The van der Waals surface area contributed by atoms with Crippen molar-refractivity contribution in [3.63, 3.8) is 0 Å². The maximum absolute atomic E-state index is 14.3. The summed E-state index contributed by atoms with van der Waals surface area (Å²) in [6.07, 6.45) is 0. The fourth-order valence-corrected chi connectivity index (χ4v) is 3.17. The van der Waals surface area contributed by atoms with Crippen LogP contribution in [0.25, 0.3) is 22.3 Å². The van der Waals surface area contributed by atoms with Gasteiger partial charge in [0.25, 0.3) is 0 Å². The minimum atomic E-state index is -0.401. The van der Waals surface area contributed by atoms with E-state index in [9.17, 15) is 4.39 Å². The van der Waals surface area contributed by atoms with Crippen molar-refractivity contribution in [3.05, 3.63) is 77.9 Å². The zero-order chi connectivity index (χ0) is 21.1. The summed E-state index contributed by atoms with van der Waals surface area (Å²) in [6, 6.07) is 19.1. The molecule has 4 aromatic rings. The summed E-state index contributed by atoms with van der Waals surface area (Å²) < 4.78 is 36.4. The summed E-state index contributed by atoms with van der Waals surface area (Å²) in [5, 5.41) is 1.27. The van der Waals surface area contributed by atoms with E-state index < -0.39 is 5.82 Å². The monoisotopic (exact) mass is 405 g/mol. The second-order valence-electron chi connectivity index (χ2n) is 6.49. The van der Waals surface area contributed by atoms with Crippen LogP contribution in [0.4, 0.5) is 10.1 Å². The molecule has 30 heavy (non-hydrogen) atoms. The summed E-state index contributed by atoms with van der Waals surface area (Å²) in [5.74, 6) is 2.00. The minimum absolute atomic E-state index is 0.242. The molecular formula is C24H20FNO4. The van der Waals surface area contributed by atoms with Crippen LogP contribution in [0.1, 0.15) is 0 Å². The van der Waals surface area contributed by atoms with Gasteiger partial charge < -0.3 is 18.6 Å². The van der Waals surface area contributed by atoms with Crippen LogP contribution in [0, 0.1) is 5.82 Å². The van der Waals surface area contributed by atoms with E-state index in [0.29, 0.717) is 39.3 Å². The van der Waals surface area contributed by atoms with Gasteiger partial charge in [0.05, 0.1) is 32.4 Å². The van der Waals surface area contributed by atoms with Gasteiger partial charge in [-0.2, -0.15) is 0 Å². The average Bonchev–Trinajstić information content (AvgIpc) is 2.79. The Hall–Kier alpha value is -3.80. The molecule has 0 aliphatic rings. The van der Waals surface area contributed by atoms with E-state index in [0.717, 1.165) is 5.56 Å². The van der Waals surface area contributed by atoms with Gasteiger partial charge in [-0.05, 0) is 48.5 Å². The Labute approximate surface area is 173 Å². The first-order valence-corrected chi connectivity index (χ1v) is 9.26. The average molecular weight is 405 g/mol. The fraction of sp³-hybridized carbons (Fsp3) is 0.125. The lowest BCUT2D eigenvalue weighted by atomic mass is 10.1. The van der Waals surface area contributed by atoms with Crippen LogP contribution in [-0.2, 0) is 0 Å². The lowest BCUT2D eigenvalue weighted by Gasteiger charge is -2.10. The van der Waals surface area contributed by atoms with E-state index in [2.05, 4.69) is 4.99 Å². The van der Waals surface area contributed by atoms with Crippen molar-refractivity contribution in [2.45, 2.75) is 0 Å². The molecule has 1 aromatic heterocycles. The molecule has 0 unspecified atom stereocenters. The molecule has 0 spiro atoms. The SMILES string of the molecule is COc1ccc2oc(-c3ccc(OC)c(OC)c3)cc(=Nc3ccccc3F)c2c1. The number of hydrogen-bond acceptors (Lipinski definition) is 5. The molecule has 3 aromatic carbocycles. The molecule has 0 atom stereocenters. The summed E-state index contributed by atoms with van der Waals surface area (Å²) in [5.41, 5.74) is 1.61. The molecule has 4 rings (SSSR count). The van der Waals surface area contributed by atoms with Crippen molar-refractivity contribution in [2.75, 3.05) is 21.3 Å². The Balaban J connectivity index is 1.98. The summed E-state index contributed by atoms with van der Waals surface area (Å²) >= 11 is 0. The minimum Gasteiger partial charge on any atom is -0.497 e. The molecule has 0 radical (unpaired) electrons. The Morgan fingerprint density at radius 2 is 1.60 bits per heavy atom. The highest BCUT2D eigenvalue weighted by Crippen LogP contribution is 2.33. The molecule has 1 heterocycles. The molecule has 0 saturated carbocycles. The predicted molar refractivity (Wildman–Crippen MR) is 113 cm³/mol. The lowest BCUT2D eigenvalue weighted by molar-refractivity contribution is 0.355. The Kier molecular flexibility index (Phi) is 5.39. The number of ether oxygens (including phenoxy) is 3. The maximum atomic E-state index is 14.3. The molecule has 0 aliphatic carbocycles. The molecule has 5 nitrogen and oxygen atoms in total. The quantitative estimate of drug-likeness (QED) is 0.440. The van der Waals surface area contributed by atoms with Crippen molar-refractivity contribution in [1.82, 2.24) is 0 Å². The second-order valence-corrected chi connectivity index (χ2v) is 6.49. The van der Waals surface area contributed by atoms with Crippen LogP contribution in [0.5, 0.6) is 17.2 Å². The van der Waals surface area contributed by atoms with Gasteiger partial charge >= 0.3 is 0 Å². The highest BCUT2D eigenvalue weighted by molar-refractivity contribution is 5.80. The number of halogens is 1. The van der Waals surface area contributed by atoms with Crippen LogP contribution < -0.4 is 19.6 Å². The van der Waals surface area contributed by atoms with Gasteiger partial charge in [-0.25, -0.2) is 9.38 Å². The van der Waals surface area contributed by atoms with Gasteiger partial charge in [0.15, 0.2) is 11.5 Å². The Bertz CT molecular complexity index is 1280. The van der Waals surface area contributed by atoms with Crippen LogP contribution in [0.15, 0.2) is 76.1 Å². The van der Waals surface area contributed by atoms with Crippen molar-refractivity contribution < 1.29 is 23.0 Å². The molecule has 0 aliphatic heterocycles. The molecule has 0 fully saturated rings. The number of methoxy groups -OCH3 is 3. The maximum Gasteiger partial charge on any atom is 0.161 e. The molecule has 0 amide bonds. The second kappa shape index (κ2) is 8.29. The molecular weight excluding hydrogens is 385 g/mol. The summed E-state index contributed by atoms with van der Waals surface area (Å²) in [7, 11) is 4.74. The normalized spacial score (nSPS) is 11.5. The van der Waals surface area contributed by atoms with E-state index in [1.807, 2.05) is 18.2 Å². The van der Waals surface area contributed by atoms with Gasteiger partial charge in [-0.3, -0.25) is 0 Å². The molecule has 0 N–H and O–H groups in total. The number of hydrogen-bond donors (Lipinski definition) is 0. The summed E-state index contributed by atoms with van der Waals surface area (Å²) in [4.78, 5) is 4.56. The Morgan fingerprint density at radius 1 is 0.800 bits per heavy atom. The van der Waals surface area contributed by atoms with Crippen molar-refractivity contribution in [2.24, 2.45) is 4.99 Å². The smallest absolute Gasteiger partial charge is 0.161 e. The topological polar surface area (TPSA) is 53.2 Å². The number of fused-ring (bicyclic) bond motifs is 1. The first-order valence-electron chi connectivity index (χ1n) is 9.26. The molecule has 0 saturated heterocycles. The van der Waals surface area contributed by atoms with Gasteiger partial charge in [-0.15, -0.1) is 0 Å². The van der Waals surface area contributed by atoms with Crippen LogP contribution in [0.2, 0.25) is 0 Å². The third-order valence-electron chi connectivity index (χ3n) is 4.71. The van der Waals surface area contributed by atoms with Gasteiger partial charge in [0, 0.05) is 17.0 Å². The number of benzene rings is 3. The van der Waals surface area contributed by atoms with Crippen LogP contribution in [0.3, 0.4) is 0 Å². The standard InChI is InChI=1S/C24H20FNO4/c1-27-16-9-11-21-17(13-16)20(26-19-7-5-4-6-18(19)25)14-23(30-21)15-8-10-22(28-2)24(12-15)29-3/h4-14H,1-3H3. The molecule has 152 valence electrons. The summed E-state index contributed by atoms with van der Waals surface area (Å²) in [6.45, 7) is 0. The van der Waals surface area contributed by atoms with Gasteiger partial charge in [-0.1, -0.05) is 12.1 Å². The van der Waals surface area contributed by atoms with E-state index in [1.54, 1.807) is 63.8 Å². The van der Waals surface area contributed by atoms with Crippen LogP contribution >= 0.6 is 0 Å². The van der Waals surface area contributed by atoms with E-state index in [4.69, 9.17) is 18.6 Å². The third kappa shape index (κ3) is 3.72. The zero-order valence-corrected chi connectivity index (χ0v) is 16.8. The molecule has 0 bridgehead atoms. The first-order chi connectivity index (χ1) is 14.6. The van der Waals surface area contributed by atoms with Crippen molar-refractivity contribution in [1.29, 1.82) is 0 Å². The van der Waals surface area contributed by atoms with Crippen LogP contribution in [-0.4, -0.2) is 21.3 Å². The zero-order valence-electron chi connectivity index (χ0n) is 16.8. The highest BCUT2D eigenvalue weighted by atomic mass is 19.1. The third-order valence-corrected chi connectivity index (χ3v) is 4.71. The van der Waals surface area contributed by atoms with E-state index in [1.165, 1.54) is 6.07 Å².